The lowest BCUT2D eigenvalue weighted by Gasteiger charge is -2.19. The summed E-state index contributed by atoms with van der Waals surface area (Å²) in [5, 5.41) is 2.81. The number of hydrogen-bond acceptors (Lipinski definition) is 4. The highest BCUT2D eigenvalue weighted by atomic mass is 16.5. The third-order valence-electron chi connectivity index (χ3n) is 5.14. The molecule has 152 valence electrons. The number of ether oxygens (including phenoxy) is 1. The lowest BCUT2D eigenvalue weighted by molar-refractivity contribution is -0.152. The van der Waals surface area contributed by atoms with Crippen LogP contribution in [0.3, 0.4) is 0 Å². The van der Waals surface area contributed by atoms with E-state index >= 15 is 0 Å². The fourth-order valence-electron chi connectivity index (χ4n) is 3.53. The van der Waals surface area contributed by atoms with Crippen molar-refractivity contribution in [3.8, 4) is 0 Å². The minimum atomic E-state index is -0.563. The summed E-state index contributed by atoms with van der Waals surface area (Å²) < 4.78 is 5.18. The first kappa shape index (κ1) is 20.6. The number of amides is 2. The molecule has 0 spiro atoms. The van der Waals surface area contributed by atoms with Crippen molar-refractivity contribution in [1.29, 1.82) is 0 Å². The molecule has 2 aromatic carbocycles. The molecule has 6 heteroatoms. The minimum Gasteiger partial charge on any atom is -0.455 e. The molecule has 1 saturated heterocycles. The second-order valence-electron chi connectivity index (χ2n) is 7.20. The number of hydrogen-bond donors (Lipinski definition) is 1. The van der Waals surface area contributed by atoms with E-state index in [0.717, 1.165) is 23.2 Å². The van der Waals surface area contributed by atoms with Gasteiger partial charge in [0.05, 0.1) is 12.0 Å². The van der Waals surface area contributed by atoms with Crippen molar-refractivity contribution in [3.05, 3.63) is 65.7 Å². The van der Waals surface area contributed by atoms with Gasteiger partial charge in [-0.25, -0.2) is 0 Å². The lowest BCUT2D eigenvalue weighted by atomic mass is 10.1. The van der Waals surface area contributed by atoms with Crippen LogP contribution in [0.2, 0.25) is 0 Å². The molecule has 1 N–H and O–H groups in total. The summed E-state index contributed by atoms with van der Waals surface area (Å²) >= 11 is 0. The molecule has 1 heterocycles. The van der Waals surface area contributed by atoms with Crippen molar-refractivity contribution >= 4 is 23.5 Å². The van der Waals surface area contributed by atoms with Crippen LogP contribution in [0.4, 0.5) is 5.69 Å². The number of aryl methyl sites for hydroxylation is 1. The Morgan fingerprint density at radius 2 is 1.83 bits per heavy atom. The van der Waals surface area contributed by atoms with Crippen molar-refractivity contribution in [1.82, 2.24) is 5.32 Å². The third-order valence-corrected chi connectivity index (χ3v) is 5.14. The van der Waals surface area contributed by atoms with Crippen LogP contribution >= 0.6 is 0 Å². The van der Waals surface area contributed by atoms with Crippen LogP contribution in [0.25, 0.3) is 0 Å². The summed E-state index contributed by atoms with van der Waals surface area (Å²) in [6.07, 6.45) is 0.897. The SMILES string of the molecule is CCc1ccccc1N1C[C@@H](C(=O)OCC(=O)N[C@@H](C)c2ccccc2)CC1=O. The number of nitrogens with zero attached hydrogens (tertiary/aromatic N) is 1. The van der Waals surface area contributed by atoms with Crippen molar-refractivity contribution in [2.45, 2.75) is 32.7 Å². The number of esters is 1. The summed E-state index contributed by atoms with van der Waals surface area (Å²) in [4.78, 5) is 38.6. The Balaban J connectivity index is 1.52. The number of carbonyl (C=O) groups excluding carboxylic acids is 3. The number of nitrogens with one attached hydrogen (secondary N) is 1. The molecular weight excluding hydrogens is 368 g/mol. The van der Waals surface area contributed by atoms with E-state index in [4.69, 9.17) is 4.74 Å². The summed E-state index contributed by atoms with van der Waals surface area (Å²) in [6.45, 7) is 3.82. The van der Waals surface area contributed by atoms with Crippen LogP contribution in [-0.4, -0.2) is 30.9 Å². The zero-order chi connectivity index (χ0) is 20.8. The highest BCUT2D eigenvalue weighted by molar-refractivity contribution is 6.00. The van der Waals surface area contributed by atoms with E-state index in [0.29, 0.717) is 0 Å². The molecule has 0 aromatic heterocycles. The van der Waals surface area contributed by atoms with Gasteiger partial charge in [-0.15, -0.1) is 0 Å². The highest BCUT2D eigenvalue weighted by Crippen LogP contribution is 2.29. The zero-order valence-corrected chi connectivity index (χ0v) is 16.8. The van der Waals surface area contributed by atoms with E-state index < -0.39 is 11.9 Å². The maximum atomic E-state index is 12.4. The van der Waals surface area contributed by atoms with Crippen molar-refractivity contribution in [2.75, 3.05) is 18.1 Å². The predicted molar refractivity (Wildman–Crippen MR) is 110 cm³/mol. The Labute approximate surface area is 170 Å². The maximum Gasteiger partial charge on any atom is 0.311 e. The lowest BCUT2D eigenvalue weighted by Crippen LogP contribution is -2.33. The highest BCUT2D eigenvalue weighted by Gasteiger charge is 2.37. The van der Waals surface area contributed by atoms with E-state index in [1.807, 2.05) is 68.4 Å². The van der Waals surface area contributed by atoms with Gasteiger partial charge in [-0.2, -0.15) is 0 Å². The Hall–Kier alpha value is -3.15. The van der Waals surface area contributed by atoms with E-state index in [1.165, 1.54) is 0 Å². The molecule has 6 nitrogen and oxygen atoms in total. The largest absolute Gasteiger partial charge is 0.455 e. The maximum absolute atomic E-state index is 12.4. The van der Waals surface area contributed by atoms with Crippen LogP contribution in [-0.2, 0) is 25.5 Å². The predicted octanol–water partition coefficient (Wildman–Crippen LogP) is 3.02. The number of carbonyl (C=O) groups is 3. The molecule has 0 radical (unpaired) electrons. The molecule has 3 rings (SSSR count). The van der Waals surface area contributed by atoms with Crippen LogP contribution in [0, 0.1) is 5.92 Å². The van der Waals surface area contributed by atoms with Crippen LogP contribution < -0.4 is 10.2 Å². The normalized spacial score (nSPS) is 17.1. The Bertz CT molecular complexity index is 881. The second kappa shape index (κ2) is 9.37. The van der Waals surface area contributed by atoms with Gasteiger partial charge in [0, 0.05) is 18.7 Å². The van der Waals surface area contributed by atoms with Crippen molar-refractivity contribution in [2.24, 2.45) is 5.92 Å². The summed E-state index contributed by atoms with van der Waals surface area (Å²) in [5.41, 5.74) is 2.87. The van der Waals surface area contributed by atoms with Gasteiger partial charge >= 0.3 is 5.97 Å². The molecule has 1 aliphatic rings. The van der Waals surface area contributed by atoms with Crippen LogP contribution in [0.5, 0.6) is 0 Å². The van der Waals surface area contributed by atoms with Gasteiger partial charge in [-0.1, -0.05) is 55.5 Å². The number of anilines is 1. The van der Waals surface area contributed by atoms with E-state index in [9.17, 15) is 14.4 Å². The van der Waals surface area contributed by atoms with Crippen LogP contribution in [0.1, 0.15) is 37.4 Å². The Morgan fingerprint density at radius 1 is 1.14 bits per heavy atom. The average Bonchev–Trinajstić information content (AvgIpc) is 3.14. The zero-order valence-electron chi connectivity index (χ0n) is 16.8. The van der Waals surface area contributed by atoms with Crippen molar-refractivity contribution < 1.29 is 19.1 Å². The van der Waals surface area contributed by atoms with Gasteiger partial charge in [-0.3, -0.25) is 14.4 Å². The molecule has 2 aromatic rings. The smallest absolute Gasteiger partial charge is 0.311 e. The first-order valence-corrected chi connectivity index (χ1v) is 9.88. The molecule has 1 fully saturated rings. The minimum absolute atomic E-state index is 0.0961. The third kappa shape index (κ3) is 5.02. The molecule has 0 bridgehead atoms. The topological polar surface area (TPSA) is 75.7 Å². The van der Waals surface area contributed by atoms with Gasteiger partial charge in [-0.05, 0) is 30.5 Å². The monoisotopic (exact) mass is 394 g/mol. The van der Waals surface area contributed by atoms with E-state index in [1.54, 1.807) is 4.90 Å². The molecular formula is C23H26N2O4. The van der Waals surface area contributed by atoms with Gasteiger partial charge in [0.25, 0.3) is 5.91 Å². The van der Waals surface area contributed by atoms with Gasteiger partial charge in [0.2, 0.25) is 5.91 Å². The van der Waals surface area contributed by atoms with E-state index in [-0.39, 0.29) is 37.4 Å². The number of benzene rings is 2. The fraction of sp³-hybridized carbons (Fsp3) is 0.348. The summed E-state index contributed by atoms with van der Waals surface area (Å²) in [7, 11) is 0. The molecule has 0 unspecified atom stereocenters. The molecule has 1 aliphatic heterocycles. The summed E-state index contributed by atoms with van der Waals surface area (Å²) in [5.74, 6) is -1.55. The Morgan fingerprint density at radius 3 is 2.55 bits per heavy atom. The number of para-hydroxylation sites is 1. The molecule has 0 saturated carbocycles. The van der Waals surface area contributed by atoms with Crippen molar-refractivity contribution in [3.63, 3.8) is 0 Å². The van der Waals surface area contributed by atoms with Crippen LogP contribution in [0.15, 0.2) is 54.6 Å². The molecule has 2 amide bonds. The van der Waals surface area contributed by atoms with Gasteiger partial charge in [0.1, 0.15) is 0 Å². The molecule has 0 aliphatic carbocycles. The van der Waals surface area contributed by atoms with Gasteiger partial charge < -0.3 is 15.0 Å². The Kier molecular flexibility index (Phi) is 6.65. The average molecular weight is 394 g/mol. The fourth-order valence-corrected chi connectivity index (χ4v) is 3.53. The second-order valence-corrected chi connectivity index (χ2v) is 7.20. The standard InChI is InChI=1S/C23H26N2O4/c1-3-17-9-7-8-12-20(17)25-14-19(13-22(25)27)23(28)29-15-21(26)24-16(2)18-10-5-4-6-11-18/h4-12,16,19H,3,13-15H2,1-2H3,(H,24,26)/t16-,19-/m0/s1. The first-order chi connectivity index (χ1) is 14.0. The molecule has 29 heavy (non-hydrogen) atoms. The van der Waals surface area contributed by atoms with E-state index in [2.05, 4.69) is 5.32 Å². The quantitative estimate of drug-likeness (QED) is 0.733. The van der Waals surface area contributed by atoms with Gasteiger partial charge in [0.15, 0.2) is 6.61 Å². The summed E-state index contributed by atoms with van der Waals surface area (Å²) in [6, 6.07) is 17.1. The molecule has 2 atom stereocenters. The number of rotatable bonds is 7. The first-order valence-electron chi connectivity index (χ1n) is 9.88.